The van der Waals surface area contributed by atoms with Crippen molar-refractivity contribution in [1.82, 2.24) is 0 Å². The summed E-state index contributed by atoms with van der Waals surface area (Å²) < 4.78 is 10.4. The van der Waals surface area contributed by atoms with E-state index in [0.717, 1.165) is 6.42 Å². The first-order chi connectivity index (χ1) is 14.7. The summed E-state index contributed by atoms with van der Waals surface area (Å²) in [5.41, 5.74) is 0. The predicted octanol–water partition coefficient (Wildman–Crippen LogP) is 7.13. The monoisotopic (exact) mass is 426 g/mol. The third-order valence-electron chi connectivity index (χ3n) is 5.39. The molecule has 0 amide bonds. The van der Waals surface area contributed by atoms with Gasteiger partial charge in [0.1, 0.15) is 6.10 Å². The summed E-state index contributed by atoms with van der Waals surface area (Å²) in [6, 6.07) is 0. The molecular formula is C26H50O4. The molecule has 0 aliphatic heterocycles. The van der Waals surface area contributed by atoms with Crippen LogP contribution >= 0.6 is 0 Å². The van der Waals surface area contributed by atoms with E-state index < -0.39 is 6.10 Å². The van der Waals surface area contributed by atoms with Crippen molar-refractivity contribution in [2.24, 2.45) is 0 Å². The molecule has 4 nitrogen and oxygen atoms in total. The molecule has 1 atom stereocenters. The number of aliphatic hydroxyl groups excluding tert-OH is 1. The van der Waals surface area contributed by atoms with Gasteiger partial charge in [0.05, 0.1) is 13.2 Å². The summed E-state index contributed by atoms with van der Waals surface area (Å²) in [6.07, 6.45) is 26.7. The minimum atomic E-state index is -0.530. The number of unbranched alkanes of at least 4 members (excludes halogenated alkanes) is 15. The molecule has 0 rings (SSSR count). The van der Waals surface area contributed by atoms with E-state index in [4.69, 9.17) is 14.6 Å². The highest BCUT2D eigenvalue weighted by molar-refractivity contribution is 5.66. The van der Waals surface area contributed by atoms with Gasteiger partial charge >= 0.3 is 5.97 Å². The van der Waals surface area contributed by atoms with Gasteiger partial charge in [-0.05, 0) is 32.1 Å². The summed E-state index contributed by atoms with van der Waals surface area (Å²) in [5, 5.41) is 9.08. The molecule has 0 spiro atoms. The zero-order valence-corrected chi connectivity index (χ0v) is 20.0. The molecular weight excluding hydrogens is 376 g/mol. The van der Waals surface area contributed by atoms with Crippen LogP contribution in [0.15, 0.2) is 12.2 Å². The van der Waals surface area contributed by atoms with Crippen molar-refractivity contribution < 1.29 is 19.4 Å². The van der Waals surface area contributed by atoms with E-state index in [1.807, 2.05) is 0 Å². The van der Waals surface area contributed by atoms with E-state index in [1.165, 1.54) is 110 Å². The highest BCUT2D eigenvalue weighted by atomic mass is 16.6. The van der Waals surface area contributed by atoms with Crippen molar-refractivity contribution in [3.63, 3.8) is 0 Å². The Labute approximate surface area is 186 Å². The van der Waals surface area contributed by atoms with Crippen LogP contribution in [-0.2, 0) is 14.3 Å². The van der Waals surface area contributed by atoms with Crippen molar-refractivity contribution in [3.8, 4) is 0 Å². The van der Waals surface area contributed by atoms with Gasteiger partial charge in [0.25, 0.3) is 0 Å². The van der Waals surface area contributed by atoms with Gasteiger partial charge in [0, 0.05) is 13.5 Å². The molecule has 0 aliphatic rings. The fourth-order valence-corrected chi connectivity index (χ4v) is 3.56. The average molecular weight is 427 g/mol. The van der Waals surface area contributed by atoms with Crippen molar-refractivity contribution in [2.75, 3.05) is 19.8 Å². The van der Waals surface area contributed by atoms with Gasteiger partial charge in [0.2, 0.25) is 0 Å². The number of rotatable bonds is 23. The highest BCUT2D eigenvalue weighted by Gasteiger charge is 2.10. The Morgan fingerprint density at radius 2 is 1.23 bits per heavy atom. The summed E-state index contributed by atoms with van der Waals surface area (Å²) in [7, 11) is 0. The lowest BCUT2D eigenvalue weighted by molar-refractivity contribution is -0.152. The molecule has 178 valence electrons. The summed E-state index contributed by atoms with van der Waals surface area (Å²) in [4.78, 5) is 10.8. The second kappa shape index (κ2) is 24.4. The molecule has 0 radical (unpaired) electrons. The normalized spacial score (nSPS) is 12.5. The lowest BCUT2D eigenvalue weighted by atomic mass is 10.1. The maximum Gasteiger partial charge on any atom is 0.303 e. The van der Waals surface area contributed by atoms with Crippen LogP contribution in [0.2, 0.25) is 0 Å². The quantitative estimate of drug-likeness (QED) is 0.107. The van der Waals surface area contributed by atoms with Crippen LogP contribution in [0.4, 0.5) is 0 Å². The van der Waals surface area contributed by atoms with Crippen LogP contribution in [0.3, 0.4) is 0 Å². The maximum absolute atomic E-state index is 10.8. The van der Waals surface area contributed by atoms with E-state index in [1.54, 1.807) is 0 Å². The molecule has 0 aliphatic carbocycles. The zero-order valence-electron chi connectivity index (χ0n) is 20.0. The first-order valence-electron chi connectivity index (χ1n) is 12.7. The number of hydrogen-bond acceptors (Lipinski definition) is 4. The number of allylic oxidation sites excluding steroid dienone is 2. The molecule has 0 heterocycles. The zero-order chi connectivity index (χ0) is 22.1. The van der Waals surface area contributed by atoms with Gasteiger partial charge in [-0.3, -0.25) is 4.79 Å². The first-order valence-corrected chi connectivity index (χ1v) is 12.7. The Morgan fingerprint density at radius 3 is 1.70 bits per heavy atom. The van der Waals surface area contributed by atoms with Crippen LogP contribution in [-0.4, -0.2) is 37.0 Å². The van der Waals surface area contributed by atoms with Gasteiger partial charge in [0.15, 0.2) is 0 Å². The maximum atomic E-state index is 10.8. The molecule has 0 aromatic carbocycles. The fourth-order valence-electron chi connectivity index (χ4n) is 3.56. The topological polar surface area (TPSA) is 55.8 Å². The van der Waals surface area contributed by atoms with Gasteiger partial charge in [-0.25, -0.2) is 0 Å². The molecule has 0 fully saturated rings. The second-order valence-electron chi connectivity index (χ2n) is 8.49. The molecule has 0 bridgehead atoms. The van der Waals surface area contributed by atoms with Gasteiger partial charge < -0.3 is 14.6 Å². The smallest absolute Gasteiger partial charge is 0.303 e. The van der Waals surface area contributed by atoms with Crippen LogP contribution < -0.4 is 0 Å². The Bertz CT molecular complexity index is 381. The van der Waals surface area contributed by atoms with Crippen LogP contribution in [0.5, 0.6) is 0 Å². The number of ether oxygens (including phenoxy) is 2. The third kappa shape index (κ3) is 23.4. The molecule has 0 saturated carbocycles. The third-order valence-corrected chi connectivity index (χ3v) is 5.39. The molecule has 1 N–H and O–H groups in total. The number of aliphatic hydroxyl groups is 1. The molecule has 30 heavy (non-hydrogen) atoms. The Balaban J connectivity index is 3.20. The van der Waals surface area contributed by atoms with E-state index >= 15 is 0 Å². The molecule has 0 saturated heterocycles. The highest BCUT2D eigenvalue weighted by Crippen LogP contribution is 2.11. The minimum absolute atomic E-state index is 0.186. The van der Waals surface area contributed by atoms with E-state index in [9.17, 15) is 4.79 Å². The number of carbonyl (C=O) groups excluding carboxylic acids is 1. The molecule has 0 aromatic heterocycles. The second-order valence-corrected chi connectivity index (χ2v) is 8.49. The number of hydrogen-bond donors (Lipinski definition) is 1. The van der Waals surface area contributed by atoms with E-state index in [2.05, 4.69) is 19.1 Å². The fraction of sp³-hybridized carbons (Fsp3) is 0.885. The van der Waals surface area contributed by atoms with Crippen LogP contribution in [0, 0.1) is 0 Å². The lowest BCUT2D eigenvalue weighted by Crippen LogP contribution is -2.26. The van der Waals surface area contributed by atoms with Crippen molar-refractivity contribution in [3.05, 3.63) is 12.2 Å². The minimum Gasteiger partial charge on any atom is -0.458 e. The van der Waals surface area contributed by atoms with Crippen molar-refractivity contribution >= 4 is 5.97 Å². The van der Waals surface area contributed by atoms with Gasteiger partial charge in [-0.2, -0.15) is 0 Å². The number of carbonyl (C=O) groups is 1. The van der Waals surface area contributed by atoms with Crippen molar-refractivity contribution in [2.45, 2.75) is 129 Å². The molecule has 1 unspecified atom stereocenters. The van der Waals surface area contributed by atoms with Crippen LogP contribution in [0.1, 0.15) is 123 Å². The first kappa shape index (κ1) is 29.1. The van der Waals surface area contributed by atoms with Crippen molar-refractivity contribution in [1.29, 1.82) is 0 Å². The Kier molecular flexibility index (Phi) is 23.7. The Morgan fingerprint density at radius 1 is 0.767 bits per heavy atom. The van der Waals surface area contributed by atoms with Crippen LogP contribution in [0.25, 0.3) is 0 Å². The summed E-state index contributed by atoms with van der Waals surface area (Å²) in [6.45, 7) is 4.38. The number of esters is 1. The largest absolute Gasteiger partial charge is 0.458 e. The lowest BCUT2D eigenvalue weighted by Gasteiger charge is -2.14. The molecule has 4 heteroatoms. The van der Waals surface area contributed by atoms with E-state index in [0.29, 0.717) is 6.61 Å². The standard InChI is InChI=1S/C26H50O4/c1-3-4-5-6-7-8-9-10-11-12-13-14-15-16-17-18-19-20-21-22-29-24-26(23-27)30-25(2)28/h11-12,26-27H,3-10,13-24H2,1-2H3/b12-11-. The Hall–Kier alpha value is -0.870. The molecule has 0 aromatic rings. The predicted molar refractivity (Wildman–Crippen MR) is 127 cm³/mol. The average Bonchev–Trinajstić information content (AvgIpc) is 2.73. The van der Waals surface area contributed by atoms with Gasteiger partial charge in [-0.15, -0.1) is 0 Å². The SMILES string of the molecule is CCCCCCCCC/C=C\CCCCCCCCCCOCC(CO)OC(C)=O. The van der Waals surface area contributed by atoms with E-state index in [-0.39, 0.29) is 19.2 Å². The van der Waals surface area contributed by atoms with Gasteiger partial charge in [-0.1, -0.05) is 96.1 Å². The summed E-state index contributed by atoms with van der Waals surface area (Å²) in [5.74, 6) is -0.378. The summed E-state index contributed by atoms with van der Waals surface area (Å²) >= 11 is 0.